The van der Waals surface area contributed by atoms with Gasteiger partial charge in [-0.25, -0.2) is 0 Å². The molecule has 0 saturated heterocycles. The van der Waals surface area contributed by atoms with Crippen molar-refractivity contribution in [3.05, 3.63) is 0 Å². The first-order valence-electron chi connectivity index (χ1n) is 7.20. The molecular weight excluding hydrogens is 228 g/mol. The van der Waals surface area contributed by atoms with Crippen molar-refractivity contribution >= 4 is 0 Å². The highest BCUT2D eigenvalue weighted by atomic mass is 16.5. The summed E-state index contributed by atoms with van der Waals surface area (Å²) in [6, 6.07) is 1.03. The fourth-order valence-corrected chi connectivity index (χ4v) is 2.98. The van der Waals surface area contributed by atoms with Crippen molar-refractivity contribution in [2.45, 2.75) is 63.6 Å². The molecule has 3 atom stereocenters. The lowest BCUT2D eigenvalue weighted by molar-refractivity contribution is 0.0390. The topological polar surface area (TPSA) is 58.7 Å². The molecular formula is C14H30N2O2. The maximum atomic E-state index is 9.45. The molecule has 0 heterocycles. The number of aliphatic hydroxyl groups excluding tert-OH is 1. The molecule has 0 bridgehead atoms. The van der Waals surface area contributed by atoms with Gasteiger partial charge in [0.2, 0.25) is 0 Å². The number of aliphatic hydroxyl groups is 1. The van der Waals surface area contributed by atoms with Crippen LogP contribution in [0.25, 0.3) is 0 Å². The Bertz CT molecular complexity index is 238. The van der Waals surface area contributed by atoms with Gasteiger partial charge in [0.1, 0.15) is 0 Å². The first-order valence-corrected chi connectivity index (χ1v) is 7.20. The molecule has 3 unspecified atom stereocenters. The van der Waals surface area contributed by atoms with E-state index in [0.29, 0.717) is 12.1 Å². The highest BCUT2D eigenvalue weighted by molar-refractivity contribution is 4.94. The summed E-state index contributed by atoms with van der Waals surface area (Å²) in [4.78, 5) is 2.51. The second-order valence-electron chi connectivity index (χ2n) is 5.76. The molecule has 18 heavy (non-hydrogen) atoms. The van der Waals surface area contributed by atoms with E-state index < -0.39 is 0 Å². The predicted molar refractivity (Wildman–Crippen MR) is 74.6 cm³/mol. The zero-order chi connectivity index (χ0) is 13.6. The number of nitrogens with two attached hydrogens (primary N) is 1. The molecule has 0 aliphatic heterocycles. The number of nitrogens with zero attached hydrogens (tertiary/aromatic N) is 1. The highest BCUT2D eigenvalue weighted by Gasteiger charge is 2.35. The van der Waals surface area contributed by atoms with Crippen LogP contribution in [0.15, 0.2) is 0 Å². The van der Waals surface area contributed by atoms with Gasteiger partial charge < -0.3 is 15.6 Å². The molecule has 0 aromatic heterocycles. The van der Waals surface area contributed by atoms with Gasteiger partial charge in [0.25, 0.3) is 0 Å². The molecule has 1 fully saturated rings. The van der Waals surface area contributed by atoms with E-state index in [0.717, 1.165) is 38.8 Å². The van der Waals surface area contributed by atoms with Crippen molar-refractivity contribution in [1.82, 2.24) is 4.90 Å². The smallest absolute Gasteiger partial charge is 0.0611 e. The van der Waals surface area contributed by atoms with Gasteiger partial charge in [0, 0.05) is 31.3 Å². The predicted octanol–water partition coefficient (Wildman–Crippen LogP) is 1.37. The molecule has 1 aliphatic carbocycles. The molecule has 0 spiro atoms. The Kier molecular flexibility index (Phi) is 6.57. The Balaban J connectivity index is 2.65. The zero-order valence-electron chi connectivity index (χ0n) is 12.2. The molecule has 0 aromatic carbocycles. The van der Waals surface area contributed by atoms with Crippen LogP contribution in [0.1, 0.15) is 46.0 Å². The van der Waals surface area contributed by atoms with Crippen LogP contribution in [0.4, 0.5) is 0 Å². The molecule has 0 radical (unpaired) electrons. The van der Waals surface area contributed by atoms with Crippen molar-refractivity contribution in [2.75, 3.05) is 26.9 Å². The lowest BCUT2D eigenvalue weighted by Gasteiger charge is -2.44. The van der Waals surface area contributed by atoms with Gasteiger partial charge in [-0.15, -0.1) is 0 Å². The first kappa shape index (κ1) is 15.9. The van der Waals surface area contributed by atoms with Crippen LogP contribution >= 0.6 is 0 Å². The van der Waals surface area contributed by atoms with E-state index in [2.05, 4.69) is 18.7 Å². The minimum Gasteiger partial charge on any atom is -0.394 e. The third kappa shape index (κ3) is 4.19. The minimum atomic E-state index is -0.373. The Labute approximate surface area is 111 Å². The van der Waals surface area contributed by atoms with Crippen LogP contribution in [0.2, 0.25) is 0 Å². The summed E-state index contributed by atoms with van der Waals surface area (Å²) in [6.07, 6.45) is 5.28. The third-order valence-corrected chi connectivity index (χ3v) is 4.35. The summed E-state index contributed by atoms with van der Waals surface area (Å²) in [7, 11) is 1.75. The number of methoxy groups -OCH3 is 1. The number of hydrogen-bond acceptors (Lipinski definition) is 4. The lowest BCUT2D eigenvalue weighted by Crippen LogP contribution is -2.55. The van der Waals surface area contributed by atoms with Gasteiger partial charge in [0.05, 0.1) is 13.2 Å². The van der Waals surface area contributed by atoms with E-state index in [1.165, 1.54) is 6.42 Å². The molecule has 3 N–H and O–H groups in total. The Morgan fingerprint density at radius 3 is 2.83 bits per heavy atom. The van der Waals surface area contributed by atoms with E-state index in [4.69, 9.17) is 10.5 Å². The summed E-state index contributed by atoms with van der Waals surface area (Å²) in [5, 5.41) is 9.45. The molecule has 4 nitrogen and oxygen atoms in total. The number of ether oxygens (including phenoxy) is 1. The third-order valence-electron chi connectivity index (χ3n) is 4.35. The molecule has 108 valence electrons. The SMILES string of the molecule is CCC(C)N(CCOC)C1CCCC(N)(CO)C1. The Hall–Kier alpha value is -0.160. The van der Waals surface area contributed by atoms with Gasteiger partial charge >= 0.3 is 0 Å². The normalized spacial score (nSPS) is 30.7. The molecule has 1 rings (SSSR count). The van der Waals surface area contributed by atoms with Crippen molar-refractivity contribution in [2.24, 2.45) is 5.73 Å². The largest absolute Gasteiger partial charge is 0.394 e. The second-order valence-corrected chi connectivity index (χ2v) is 5.76. The number of rotatable bonds is 7. The number of hydrogen-bond donors (Lipinski definition) is 2. The quantitative estimate of drug-likeness (QED) is 0.724. The van der Waals surface area contributed by atoms with Crippen LogP contribution in [-0.2, 0) is 4.74 Å². The Morgan fingerprint density at radius 2 is 2.28 bits per heavy atom. The highest BCUT2D eigenvalue weighted by Crippen LogP contribution is 2.30. The van der Waals surface area contributed by atoms with Crippen LogP contribution < -0.4 is 5.73 Å². The van der Waals surface area contributed by atoms with Crippen molar-refractivity contribution in [3.8, 4) is 0 Å². The zero-order valence-corrected chi connectivity index (χ0v) is 12.2. The standard InChI is InChI=1S/C14H30N2O2/c1-4-12(2)16(8-9-18-3)13-6-5-7-14(15,10-13)11-17/h12-13,17H,4-11,15H2,1-3H3. The molecule has 4 heteroatoms. The monoisotopic (exact) mass is 258 g/mol. The van der Waals surface area contributed by atoms with Gasteiger partial charge in [-0.2, -0.15) is 0 Å². The summed E-state index contributed by atoms with van der Waals surface area (Å²) >= 11 is 0. The molecule has 0 aromatic rings. The maximum Gasteiger partial charge on any atom is 0.0611 e. The van der Waals surface area contributed by atoms with Crippen molar-refractivity contribution in [1.29, 1.82) is 0 Å². The summed E-state index contributed by atoms with van der Waals surface area (Å²) in [5.41, 5.74) is 5.88. The maximum absolute atomic E-state index is 9.45. The summed E-state index contributed by atoms with van der Waals surface area (Å²) < 4.78 is 5.21. The second kappa shape index (κ2) is 7.43. The molecule has 1 aliphatic rings. The van der Waals surface area contributed by atoms with Crippen LogP contribution in [-0.4, -0.2) is 54.5 Å². The fraction of sp³-hybridized carbons (Fsp3) is 1.00. The van der Waals surface area contributed by atoms with Crippen molar-refractivity contribution < 1.29 is 9.84 Å². The van der Waals surface area contributed by atoms with E-state index in [-0.39, 0.29) is 12.1 Å². The van der Waals surface area contributed by atoms with Gasteiger partial charge in [0.15, 0.2) is 0 Å². The van der Waals surface area contributed by atoms with Crippen LogP contribution in [0.3, 0.4) is 0 Å². The van der Waals surface area contributed by atoms with Crippen LogP contribution in [0, 0.1) is 0 Å². The van der Waals surface area contributed by atoms with Gasteiger partial charge in [-0.05, 0) is 39.0 Å². The average molecular weight is 258 g/mol. The minimum absolute atomic E-state index is 0.0993. The summed E-state index contributed by atoms with van der Waals surface area (Å²) in [5.74, 6) is 0. The average Bonchev–Trinajstić information content (AvgIpc) is 2.39. The molecule has 1 saturated carbocycles. The summed E-state index contributed by atoms with van der Waals surface area (Å²) in [6.45, 7) is 6.30. The van der Waals surface area contributed by atoms with Crippen molar-refractivity contribution in [3.63, 3.8) is 0 Å². The lowest BCUT2D eigenvalue weighted by atomic mass is 9.79. The molecule has 0 amide bonds. The first-order chi connectivity index (χ1) is 8.56. The van der Waals surface area contributed by atoms with E-state index in [1.807, 2.05) is 0 Å². The van der Waals surface area contributed by atoms with Gasteiger partial charge in [-0.1, -0.05) is 6.92 Å². The van der Waals surface area contributed by atoms with Crippen LogP contribution in [0.5, 0.6) is 0 Å². The van der Waals surface area contributed by atoms with E-state index >= 15 is 0 Å². The van der Waals surface area contributed by atoms with E-state index in [1.54, 1.807) is 7.11 Å². The fourth-order valence-electron chi connectivity index (χ4n) is 2.98. The van der Waals surface area contributed by atoms with E-state index in [9.17, 15) is 5.11 Å². The Morgan fingerprint density at radius 1 is 1.56 bits per heavy atom. The van der Waals surface area contributed by atoms with Gasteiger partial charge in [-0.3, -0.25) is 4.90 Å².